The quantitative estimate of drug-likeness (QED) is 0.597. The summed E-state index contributed by atoms with van der Waals surface area (Å²) < 4.78 is 0. The van der Waals surface area contributed by atoms with E-state index in [1.165, 1.54) is 6.20 Å². The van der Waals surface area contributed by atoms with E-state index in [1.807, 2.05) is 31.2 Å². The van der Waals surface area contributed by atoms with E-state index in [2.05, 4.69) is 37.7 Å². The van der Waals surface area contributed by atoms with Gasteiger partial charge in [0, 0.05) is 6.54 Å². The number of aryl methyl sites for hydroxylation is 1. The molecule has 2 amide bonds. The van der Waals surface area contributed by atoms with Crippen LogP contribution < -0.4 is 11.1 Å². The average molecular weight is 397 g/mol. The van der Waals surface area contributed by atoms with E-state index in [0.717, 1.165) is 17.6 Å². The molecule has 1 fully saturated rings. The van der Waals surface area contributed by atoms with Crippen molar-refractivity contribution in [2.75, 3.05) is 17.6 Å². The number of hydrogen-bond donors (Lipinski definition) is 2. The van der Waals surface area contributed by atoms with E-state index in [0.29, 0.717) is 18.1 Å². The largest absolute Gasteiger partial charge is 0.383 e. The molecule has 1 aliphatic rings. The lowest BCUT2D eigenvalue weighted by molar-refractivity contribution is -0.148. The summed E-state index contributed by atoms with van der Waals surface area (Å²) in [7, 11) is 0. The zero-order chi connectivity index (χ0) is 21.8. The first-order valence-electron chi connectivity index (χ1n) is 9.88. The fourth-order valence-corrected chi connectivity index (χ4v) is 4.04. The zero-order valence-corrected chi connectivity index (χ0v) is 18.0. The van der Waals surface area contributed by atoms with Gasteiger partial charge in [-0.25, -0.2) is 4.98 Å². The molecule has 1 aromatic heterocycles. The van der Waals surface area contributed by atoms with Gasteiger partial charge in [-0.05, 0) is 48.8 Å². The second-order valence-corrected chi connectivity index (χ2v) is 8.56. The maximum atomic E-state index is 13.1. The average Bonchev–Trinajstić information content (AvgIpc) is 2.62. The summed E-state index contributed by atoms with van der Waals surface area (Å²) in [5.74, 6) is -0.676. The minimum absolute atomic E-state index is 0.0848. The third-order valence-electron chi connectivity index (χ3n) is 5.17. The summed E-state index contributed by atoms with van der Waals surface area (Å²) in [4.78, 5) is 31.5. The highest BCUT2D eigenvalue weighted by Crippen LogP contribution is 2.38. The third kappa shape index (κ3) is 5.56. The molecule has 1 saturated heterocycles. The van der Waals surface area contributed by atoms with Gasteiger partial charge in [0.05, 0.1) is 17.9 Å². The standard InChI is InChI=1S/C23H32N4O2/c1-7-8-9-10-15(2)19-17(4)12-23(5,6)14-27(19)22(29)21(28)26-18-11-16(3)20(24)25-13-18/h7-11,13,17,19H,2,12,14H2,1,3-6H3,(H2,24,25)(H,26,28)/b8-7-,10-9-/t17-,19-/m1/s1. The van der Waals surface area contributed by atoms with E-state index in [1.54, 1.807) is 17.9 Å². The fraction of sp³-hybridized carbons (Fsp3) is 0.435. The first-order valence-corrected chi connectivity index (χ1v) is 9.88. The molecule has 6 nitrogen and oxygen atoms in total. The molecule has 1 aromatic rings. The number of likely N-dealkylation sites (tertiary alicyclic amines) is 1. The van der Waals surface area contributed by atoms with Crippen LogP contribution in [0.1, 0.15) is 39.7 Å². The SMILES string of the molecule is C=C(/C=C\C=C/C)[C@@H]1[C@H](C)CC(C)(C)CN1C(=O)C(=O)Nc1cnc(N)c(C)c1. The summed E-state index contributed by atoms with van der Waals surface area (Å²) >= 11 is 0. The Morgan fingerprint density at radius 1 is 1.38 bits per heavy atom. The van der Waals surface area contributed by atoms with Crippen LogP contribution in [0.5, 0.6) is 0 Å². The number of aromatic nitrogens is 1. The summed E-state index contributed by atoms with van der Waals surface area (Å²) in [6.45, 7) is 14.7. The highest BCUT2D eigenvalue weighted by Gasteiger charge is 2.42. The summed E-state index contributed by atoms with van der Waals surface area (Å²) in [6.07, 6.45) is 10.0. The molecule has 2 atom stereocenters. The monoisotopic (exact) mass is 396 g/mol. The van der Waals surface area contributed by atoms with Gasteiger partial charge in [0.25, 0.3) is 0 Å². The number of piperidine rings is 1. The van der Waals surface area contributed by atoms with Crippen LogP contribution in [-0.4, -0.2) is 34.3 Å². The van der Waals surface area contributed by atoms with Crippen LogP contribution in [-0.2, 0) is 9.59 Å². The molecule has 0 bridgehead atoms. The minimum atomic E-state index is -0.684. The molecule has 29 heavy (non-hydrogen) atoms. The van der Waals surface area contributed by atoms with Crippen LogP contribution in [0.3, 0.4) is 0 Å². The molecule has 3 N–H and O–H groups in total. The number of nitrogen functional groups attached to an aromatic ring is 1. The van der Waals surface area contributed by atoms with Crippen LogP contribution >= 0.6 is 0 Å². The Kier molecular flexibility index (Phi) is 7.01. The maximum Gasteiger partial charge on any atom is 0.313 e. The van der Waals surface area contributed by atoms with Crippen molar-refractivity contribution in [3.8, 4) is 0 Å². The second-order valence-electron chi connectivity index (χ2n) is 8.56. The number of amides is 2. The van der Waals surface area contributed by atoms with Crippen molar-refractivity contribution in [1.29, 1.82) is 0 Å². The van der Waals surface area contributed by atoms with Crippen LogP contribution in [0.2, 0.25) is 0 Å². The van der Waals surface area contributed by atoms with Gasteiger partial charge in [0.15, 0.2) is 0 Å². The van der Waals surface area contributed by atoms with Gasteiger partial charge < -0.3 is 16.0 Å². The topological polar surface area (TPSA) is 88.3 Å². The lowest BCUT2D eigenvalue weighted by atomic mass is 9.73. The van der Waals surface area contributed by atoms with Crippen molar-refractivity contribution >= 4 is 23.3 Å². The molecule has 0 aliphatic carbocycles. The lowest BCUT2D eigenvalue weighted by Gasteiger charge is -2.47. The Bertz CT molecular complexity index is 854. The molecular formula is C23H32N4O2. The van der Waals surface area contributed by atoms with Crippen molar-refractivity contribution in [3.05, 3.63) is 54.3 Å². The van der Waals surface area contributed by atoms with Gasteiger partial charge >= 0.3 is 11.8 Å². The summed E-state index contributed by atoms with van der Waals surface area (Å²) in [6, 6.07) is 1.47. The molecule has 0 unspecified atom stereocenters. The molecule has 0 aromatic carbocycles. The number of allylic oxidation sites excluding steroid dienone is 3. The Morgan fingerprint density at radius 2 is 2.07 bits per heavy atom. The molecule has 0 radical (unpaired) electrons. The zero-order valence-electron chi connectivity index (χ0n) is 18.0. The van der Waals surface area contributed by atoms with Crippen molar-refractivity contribution in [3.63, 3.8) is 0 Å². The van der Waals surface area contributed by atoms with Crippen molar-refractivity contribution in [1.82, 2.24) is 9.88 Å². The maximum absolute atomic E-state index is 13.1. The number of pyridine rings is 1. The number of hydrogen-bond acceptors (Lipinski definition) is 4. The third-order valence-corrected chi connectivity index (χ3v) is 5.17. The van der Waals surface area contributed by atoms with Gasteiger partial charge in [0.2, 0.25) is 0 Å². The van der Waals surface area contributed by atoms with Crippen molar-refractivity contribution in [2.45, 2.75) is 47.1 Å². The highest BCUT2D eigenvalue weighted by molar-refractivity contribution is 6.39. The first kappa shape index (κ1) is 22.4. The first-order chi connectivity index (χ1) is 13.6. The molecule has 1 aliphatic heterocycles. The summed E-state index contributed by atoms with van der Waals surface area (Å²) in [5.41, 5.74) is 7.64. The van der Waals surface area contributed by atoms with Crippen LogP contribution in [0.25, 0.3) is 0 Å². The Labute approximate surface area is 173 Å². The van der Waals surface area contributed by atoms with Gasteiger partial charge in [0.1, 0.15) is 5.82 Å². The number of carbonyl (C=O) groups is 2. The highest BCUT2D eigenvalue weighted by atomic mass is 16.2. The number of nitrogens with zero attached hydrogens (tertiary/aromatic N) is 2. The van der Waals surface area contributed by atoms with E-state index in [-0.39, 0.29) is 17.4 Å². The van der Waals surface area contributed by atoms with Gasteiger partial charge in [-0.1, -0.05) is 51.7 Å². The Hall–Kier alpha value is -2.89. The van der Waals surface area contributed by atoms with Crippen molar-refractivity contribution < 1.29 is 9.59 Å². The van der Waals surface area contributed by atoms with E-state index in [9.17, 15) is 9.59 Å². The summed E-state index contributed by atoms with van der Waals surface area (Å²) in [5, 5.41) is 2.65. The van der Waals surface area contributed by atoms with Gasteiger partial charge in [-0.15, -0.1) is 0 Å². The van der Waals surface area contributed by atoms with Crippen LogP contribution in [0.4, 0.5) is 11.5 Å². The van der Waals surface area contributed by atoms with Crippen molar-refractivity contribution in [2.24, 2.45) is 11.3 Å². The molecule has 6 heteroatoms. The second kappa shape index (κ2) is 9.07. The molecular weight excluding hydrogens is 364 g/mol. The number of nitrogens with two attached hydrogens (primary N) is 1. The van der Waals surface area contributed by atoms with E-state index in [4.69, 9.17) is 5.73 Å². The minimum Gasteiger partial charge on any atom is -0.383 e. The Balaban J connectivity index is 2.26. The molecule has 156 valence electrons. The smallest absolute Gasteiger partial charge is 0.313 e. The predicted molar refractivity (Wildman–Crippen MR) is 118 cm³/mol. The number of nitrogens with one attached hydrogen (secondary N) is 1. The molecule has 0 spiro atoms. The normalized spacial score (nSPS) is 21.5. The fourth-order valence-electron chi connectivity index (χ4n) is 4.04. The number of rotatable bonds is 4. The molecule has 2 heterocycles. The Morgan fingerprint density at radius 3 is 2.69 bits per heavy atom. The number of carbonyl (C=O) groups excluding carboxylic acids is 2. The number of anilines is 2. The predicted octanol–water partition coefficient (Wildman–Crippen LogP) is 3.86. The van der Waals surface area contributed by atoms with E-state index < -0.39 is 11.8 Å². The van der Waals surface area contributed by atoms with E-state index >= 15 is 0 Å². The molecule has 0 saturated carbocycles. The molecule has 2 rings (SSSR count). The lowest BCUT2D eigenvalue weighted by Crippen LogP contribution is -2.56. The van der Waals surface area contributed by atoms with Gasteiger partial charge in [-0.3, -0.25) is 9.59 Å². The van der Waals surface area contributed by atoms with Crippen LogP contribution in [0, 0.1) is 18.3 Å². The van der Waals surface area contributed by atoms with Gasteiger partial charge in [-0.2, -0.15) is 0 Å². The van der Waals surface area contributed by atoms with Crippen LogP contribution in [0.15, 0.2) is 48.7 Å².